The maximum absolute atomic E-state index is 13.5. The molecule has 192 valence electrons. The summed E-state index contributed by atoms with van der Waals surface area (Å²) in [6.45, 7) is 7.57. The van der Waals surface area contributed by atoms with Gasteiger partial charge >= 0.3 is 0 Å². The van der Waals surface area contributed by atoms with Crippen molar-refractivity contribution in [1.82, 2.24) is 0 Å². The minimum Gasteiger partial charge on any atom is -0.299 e. The van der Waals surface area contributed by atoms with Gasteiger partial charge in [-0.2, -0.15) is 0 Å². The number of hydrogen-bond acceptors (Lipinski definition) is 3. The molecular weight excluding hydrogens is 444 g/mol. The standard InChI is InChI=1S/C33H42O3/c1-21(25-5-13-29(14-6-25)31-17-9-27(10-18-31)23(3)34)33(36)22(2)26-7-15-30(16-8-26)32-19-11-28(12-20-32)24(4)35/h9-12,17-22,25-26,29-30H,5-8,13-16H2,1-4H3. The second kappa shape index (κ2) is 11.7. The van der Waals surface area contributed by atoms with Crippen LogP contribution in [-0.2, 0) is 4.79 Å². The summed E-state index contributed by atoms with van der Waals surface area (Å²) in [6, 6.07) is 16.3. The minimum atomic E-state index is 0.114. The van der Waals surface area contributed by atoms with E-state index in [-0.39, 0.29) is 23.4 Å². The van der Waals surface area contributed by atoms with Gasteiger partial charge in [0.05, 0.1) is 0 Å². The molecule has 0 amide bonds. The predicted octanol–water partition coefficient (Wildman–Crippen LogP) is 8.18. The van der Waals surface area contributed by atoms with Crippen molar-refractivity contribution < 1.29 is 14.4 Å². The highest BCUT2D eigenvalue weighted by Gasteiger charge is 2.35. The van der Waals surface area contributed by atoms with Crippen LogP contribution in [0.1, 0.15) is 123 Å². The molecule has 0 radical (unpaired) electrons. The van der Waals surface area contributed by atoms with Gasteiger partial charge in [-0.15, -0.1) is 0 Å². The number of benzene rings is 2. The molecule has 0 heterocycles. The second-order valence-corrected chi connectivity index (χ2v) is 11.6. The fourth-order valence-electron chi connectivity index (χ4n) is 6.76. The molecule has 2 unspecified atom stereocenters. The molecule has 2 aliphatic carbocycles. The van der Waals surface area contributed by atoms with Gasteiger partial charge in [0.15, 0.2) is 11.6 Å². The van der Waals surface area contributed by atoms with Crippen molar-refractivity contribution in [1.29, 1.82) is 0 Å². The normalized spacial score (nSPS) is 26.1. The Balaban J connectivity index is 1.26. The van der Waals surface area contributed by atoms with E-state index in [1.165, 1.54) is 11.1 Å². The Labute approximate surface area is 217 Å². The van der Waals surface area contributed by atoms with E-state index in [4.69, 9.17) is 0 Å². The molecule has 2 aliphatic rings. The van der Waals surface area contributed by atoms with E-state index < -0.39 is 0 Å². The van der Waals surface area contributed by atoms with Crippen LogP contribution in [0.2, 0.25) is 0 Å². The molecule has 2 saturated carbocycles. The van der Waals surface area contributed by atoms with Gasteiger partial charge in [0.25, 0.3) is 0 Å². The van der Waals surface area contributed by atoms with Crippen molar-refractivity contribution in [2.45, 2.75) is 90.9 Å². The number of hydrogen-bond donors (Lipinski definition) is 0. The van der Waals surface area contributed by atoms with Gasteiger partial charge in [0.2, 0.25) is 0 Å². The number of Topliss-reactive ketones (excluding diaryl/α,β-unsaturated/α-hetero) is 3. The fourth-order valence-corrected chi connectivity index (χ4v) is 6.76. The van der Waals surface area contributed by atoms with Crippen LogP contribution >= 0.6 is 0 Å². The molecule has 2 fully saturated rings. The van der Waals surface area contributed by atoms with Crippen LogP contribution in [0.4, 0.5) is 0 Å². The average molecular weight is 487 g/mol. The lowest BCUT2D eigenvalue weighted by molar-refractivity contribution is -0.130. The molecule has 3 nitrogen and oxygen atoms in total. The summed E-state index contributed by atoms with van der Waals surface area (Å²) in [6.07, 6.45) is 8.97. The van der Waals surface area contributed by atoms with Crippen molar-refractivity contribution in [2.24, 2.45) is 23.7 Å². The van der Waals surface area contributed by atoms with Gasteiger partial charge in [-0.1, -0.05) is 62.4 Å². The van der Waals surface area contributed by atoms with Gasteiger partial charge in [0, 0.05) is 23.0 Å². The van der Waals surface area contributed by atoms with Crippen LogP contribution in [0.5, 0.6) is 0 Å². The van der Waals surface area contributed by atoms with E-state index in [0.717, 1.165) is 62.5 Å². The summed E-state index contributed by atoms with van der Waals surface area (Å²) in [4.78, 5) is 36.6. The Kier molecular flexibility index (Phi) is 8.59. The molecule has 0 saturated heterocycles. The van der Waals surface area contributed by atoms with Gasteiger partial charge < -0.3 is 0 Å². The molecule has 4 rings (SSSR count). The molecular formula is C33H42O3. The van der Waals surface area contributed by atoms with Gasteiger partial charge in [-0.25, -0.2) is 0 Å². The Morgan fingerprint density at radius 1 is 0.556 bits per heavy atom. The largest absolute Gasteiger partial charge is 0.299 e. The Morgan fingerprint density at radius 2 is 0.861 bits per heavy atom. The van der Waals surface area contributed by atoms with Crippen molar-refractivity contribution in [3.63, 3.8) is 0 Å². The lowest BCUT2D eigenvalue weighted by Crippen LogP contribution is -2.33. The van der Waals surface area contributed by atoms with Crippen molar-refractivity contribution in [3.8, 4) is 0 Å². The predicted molar refractivity (Wildman–Crippen MR) is 146 cm³/mol. The van der Waals surface area contributed by atoms with Crippen molar-refractivity contribution in [3.05, 3.63) is 70.8 Å². The average Bonchev–Trinajstić information content (AvgIpc) is 2.92. The summed E-state index contributed by atoms with van der Waals surface area (Å²) in [5, 5.41) is 0. The number of carbonyl (C=O) groups excluding carboxylic acids is 3. The first kappa shape index (κ1) is 26.5. The minimum absolute atomic E-state index is 0.114. The number of carbonyl (C=O) groups is 3. The molecule has 2 atom stereocenters. The quantitative estimate of drug-likeness (QED) is 0.353. The molecule has 0 aliphatic heterocycles. The van der Waals surface area contributed by atoms with Crippen LogP contribution in [0, 0.1) is 23.7 Å². The van der Waals surface area contributed by atoms with Crippen molar-refractivity contribution in [2.75, 3.05) is 0 Å². The molecule has 0 N–H and O–H groups in total. The maximum Gasteiger partial charge on any atom is 0.159 e. The zero-order valence-corrected chi connectivity index (χ0v) is 22.5. The van der Waals surface area contributed by atoms with E-state index in [1.54, 1.807) is 13.8 Å². The van der Waals surface area contributed by atoms with Gasteiger partial charge in [0.1, 0.15) is 5.78 Å². The first-order valence-electron chi connectivity index (χ1n) is 14.0. The Morgan fingerprint density at radius 3 is 1.14 bits per heavy atom. The van der Waals surface area contributed by atoms with Crippen molar-refractivity contribution >= 4 is 17.3 Å². The van der Waals surface area contributed by atoms with E-state index >= 15 is 0 Å². The third kappa shape index (κ3) is 6.05. The van der Waals surface area contributed by atoms with Crippen LogP contribution in [0.3, 0.4) is 0 Å². The first-order chi connectivity index (χ1) is 17.2. The number of rotatable bonds is 8. The van der Waals surface area contributed by atoms with Crippen LogP contribution in [-0.4, -0.2) is 17.3 Å². The third-order valence-corrected chi connectivity index (χ3v) is 9.43. The SMILES string of the molecule is CC(=O)c1ccc(C2CCC(C(C)C(=O)C(C)C3CCC(c4ccc(C(C)=O)cc4)CC3)CC2)cc1. The van der Waals surface area contributed by atoms with Gasteiger partial charge in [-0.05, 0) is 100 Å². The molecule has 2 aromatic rings. The van der Waals surface area contributed by atoms with Crippen LogP contribution in [0.25, 0.3) is 0 Å². The van der Waals surface area contributed by atoms with E-state index in [0.29, 0.717) is 29.5 Å². The van der Waals surface area contributed by atoms with Crippen LogP contribution in [0.15, 0.2) is 48.5 Å². The highest BCUT2D eigenvalue weighted by molar-refractivity contribution is 5.94. The molecule has 0 aromatic heterocycles. The molecule has 0 bridgehead atoms. The summed E-state index contributed by atoms with van der Waals surface area (Å²) < 4.78 is 0. The molecule has 3 heteroatoms. The lowest BCUT2D eigenvalue weighted by Gasteiger charge is -2.36. The van der Waals surface area contributed by atoms with Gasteiger partial charge in [-0.3, -0.25) is 14.4 Å². The maximum atomic E-state index is 13.5. The molecule has 2 aromatic carbocycles. The topological polar surface area (TPSA) is 51.2 Å². The first-order valence-corrected chi connectivity index (χ1v) is 14.0. The van der Waals surface area contributed by atoms with Crippen LogP contribution < -0.4 is 0 Å². The summed E-state index contributed by atoms with van der Waals surface area (Å²) in [5.41, 5.74) is 4.22. The summed E-state index contributed by atoms with van der Waals surface area (Å²) in [7, 11) is 0. The monoisotopic (exact) mass is 486 g/mol. The zero-order chi connectivity index (χ0) is 25.8. The second-order valence-electron chi connectivity index (χ2n) is 11.6. The highest BCUT2D eigenvalue weighted by Crippen LogP contribution is 2.43. The fraction of sp³-hybridized carbons (Fsp3) is 0.545. The van der Waals surface area contributed by atoms with E-state index in [9.17, 15) is 14.4 Å². The summed E-state index contributed by atoms with van der Waals surface area (Å²) in [5.74, 6) is 3.04. The Bertz CT molecular complexity index is 964. The number of ketones is 3. The molecule has 0 spiro atoms. The smallest absolute Gasteiger partial charge is 0.159 e. The zero-order valence-electron chi connectivity index (χ0n) is 22.5. The highest BCUT2D eigenvalue weighted by atomic mass is 16.1. The Hall–Kier alpha value is -2.55. The third-order valence-electron chi connectivity index (χ3n) is 9.43. The van der Waals surface area contributed by atoms with E-state index in [2.05, 4.69) is 38.1 Å². The van der Waals surface area contributed by atoms with E-state index in [1.807, 2.05) is 24.3 Å². The lowest BCUT2D eigenvalue weighted by atomic mass is 9.68. The molecule has 36 heavy (non-hydrogen) atoms. The summed E-state index contributed by atoms with van der Waals surface area (Å²) >= 11 is 0.